The number of halogens is 1. The third kappa shape index (κ3) is 47.2. The topological polar surface area (TPSA) is 0 Å². The van der Waals surface area contributed by atoms with Gasteiger partial charge in [-0.3, -0.25) is 0 Å². The highest BCUT2D eigenvalue weighted by Gasteiger charge is 2.25. The van der Waals surface area contributed by atoms with Crippen molar-refractivity contribution in [3.05, 3.63) is 0 Å². The van der Waals surface area contributed by atoms with Crippen LogP contribution in [0.15, 0.2) is 0 Å². The van der Waals surface area contributed by atoms with Gasteiger partial charge in [0, 0.05) is 4.32 Å². The van der Waals surface area contributed by atoms with E-state index in [1.54, 1.807) is 0 Å². The summed E-state index contributed by atoms with van der Waals surface area (Å²) in [6, 6.07) is 0. The van der Waals surface area contributed by atoms with Gasteiger partial charge in [-0.25, -0.2) is 0 Å². The first-order valence-electron chi connectivity index (χ1n) is 27.4. The second-order valence-corrected chi connectivity index (χ2v) is 21.0. The quantitative estimate of drug-likeness (QED) is 0.0422. The molecule has 0 aliphatic heterocycles. The summed E-state index contributed by atoms with van der Waals surface area (Å²) in [5.41, 5.74) is 0. The van der Waals surface area contributed by atoms with Crippen LogP contribution in [-0.4, -0.2) is 4.32 Å². The van der Waals surface area contributed by atoms with Crippen molar-refractivity contribution < 1.29 is 0 Å². The Bertz CT molecular complexity index is 582. The second-order valence-electron chi connectivity index (χ2n) is 19.3. The van der Waals surface area contributed by atoms with Gasteiger partial charge in [-0.15, -0.1) is 0 Å². The van der Waals surface area contributed by atoms with E-state index < -0.39 is 0 Å². The van der Waals surface area contributed by atoms with E-state index in [0.29, 0.717) is 4.32 Å². The van der Waals surface area contributed by atoms with E-state index in [2.05, 4.69) is 36.7 Å². The van der Waals surface area contributed by atoms with Crippen molar-refractivity contribution in [2.45, 2.75) is 353 Å². The van der Waals surface area contributed by atoms with Crippen LogP contribution in [0.5, 0.6) is 0 Å². The number of unbranched alkanes of at least 4 members (excludes halogenated alkanes) is 45. The van der Waals surface area contributed by atoms with Crippen LogP contribution in [0.4, 0.5) is 0 Å². The number of rotatable bonds is 51. The first-order chi connectivity index (χ1) is 27.7. The molecule has 0 spiro atoms. The Labute approximate surface area is 366 Å². The third-order valence-electron chi connectivity index (χ3n) is 13.4. The zero-order valence-electron chi connectivity index (χ0n) is 39.9. The molecular weight excluding hydrogens is 741 g/mol. The van der Waals surface area contributed by atoms with Crippen LogP contribution < -0.4 is 0 Å². The Morgan fingerprint density at radius 1 is 0.179 bits per heavy atom. The van der Waals surface area contributed by atoms with E-state index in [9.17, 15) is 0 Å². The van der Waals surface area contributed by atoms with E-state index >= 15 is 0 Å². The molecule has 0 bridgehead atoms. The van der Waals surface area contributed by atoms with Crippen LogP contribution in [0.3, 0.4) is 0 Å². The maximum Gasteiger partial charge on any atom is 0.0258 e. The zero-order valence-corrected chi connectivity index (χ0v) is 41.5. The lowest BCUT2D eigenvalue weighted by atomic mass is 9.89. The predicted octanol–water partition coefficient (Wildman–Crippen LogP) is 22.1. The van der Waals surface area contributed by atoms with E-state index in [4.69, 9.17) is 0 Å². The SMILES string of the molecule is CCCCCCCCCCCCCCCCCCC(Br)(CCCCCCCCCCCCCCCCCC)CCCCCCCCCCCCCCCCCC. The Morgan fingerprint density at radius 3 is 0.411 bits per heavy atom. The smallest absolute Gasteiger partial charge is 0.0258 e. The van der Waals surface area contributed by atoms with Crippen LogP contribution in [0, 0.1) is 0 Å². The molecule has 0 saturated heterocycles. The minimum absolute atomic E-state index is 0.426. The molecule has 0 unspecified atom stereocenters. The largest absolute Gasteiger partial charge is 0.0853 e. The van der Waals surface area contributed by atoms with Gasteiger partial charge in [0.15, 0.2) is 0 Å². The van der Waals surface area contributed by atoms with Crippen LogP contribution in [-0.2, 0) is 0 Å². The molecule has 0 saturated carbocycles. The fourth-order valence-corrected chi connectivity index (χ4v) is 10.2. The number of hydrogen-bond donors (Lipinski definition) is 0. The number of alkyl halides is 1. The highest BCUT2D eigenvalue weighted by Crippen LogP contribution is 2.37. The van der Waals surface area contributed by atoms with Crippen molar-refractivity contribution in [1.82, 2.24) is 0 Å². The van der Waals surface area contributed by atoms with Crippen molar-refractivity contribution in [3.8, 4) is 0 Å². The van der Waals surface area contributed by atoms with Crippen molar-refractivity contribution >= 4 is 15.9 Å². The summed E-state index contributed by atoms with van der Waals surface area (Å²) in [6.07, 6.45) is 74.7. The minimum atomic E-state index is 0.426. The third-order valence-corrected chi connectivity index (χ3v) is 14.6. The average molecular weight is 852 g/mol. The molecule has 0 aliphatic rings. The maximum absolute atomic E-state index is 4.42. The van der Waals surface area contributed by atoms with Crippen molar-refractivity contribution in [2.24, 2.45) is 0 Å². The van der Waals surface area contributed by atoms with Crippen molar-refractivity contribution in [3.63, 3.8) is 0 Å². The lowest BCUT2D eigenvalue weighted by molar-refractivity contribution is 0.409. The molecule has 0 heterocycles. The normalized spacial score (nSPS) is 12.0. The molecule has 1 heteroatoms. The fraction of sp³-hybridized carbons (Fsp3) is 1.00. The molecule has 0 aromatic heterocycles. The van der Waals surface area contributed by atoms with Gasteiger partial charge in [-0.1, -0.05) is 345 Å². The predicted molar refractivity (Wildman–Crippen MR) is 264 cm³/mol. The van der Waals surface area contributed by atoms with Gasteiger partial charge in [-0.05, 0) is 19.3 Å². The highest BCUT2D eigenvalue weighted by molar-refractivity contribution is 9.10. The molecular formula is C55H111Br. The molecule has 0 atom stereocenters. The molecule has 0 amide bonds. The fourth-order valence-electron chi connectivity index (χ4n) is 9.34. The van der Waals surface area contributed by atoms with Crippen LogP contribution in [0.25, 0.3) is 0 Å². The maximum atomic E-state index is 4.42. The lowest BCUT2D eigenvalue weighted by Gasteiger charge is -2.28. The highest BCUT2D eigenvalue weighted by atomic mass is 79.9. The first-order valence-corrected chi connectivity index (χ1v) is 28.2. The summed E-state index contributed by atoms with van der Waals surface area (Å²) in [5.74, 6) is 0. The summed E-state index contributed by atoms with van der Waals surface area (Å²) in [4.78, 5) is 0. The van der Waals surface area contributed by atoms with E-state index in [0.717, 1.165) is 0 Å². The van der Waals surface area contributed by atoms with Gasteiger partial charge < -0.3 is 0 Å². The summed E-state index contributed by atoms with van der Waals surface area (Å²) < 4.78 is 0.426. The van der Waals surface area contributed by atoms with Crippen molar-refractivity contribution in [2.75, 3.05) is 0 Å². The molecule has 0 aliphatic carbocycles. The zero-order chi connectivity index (χ0) is 40.6. The first kappa shape index (κ1) is 56.5. The molecule has 0 rings (SSSR count). The van der Waals surface area contributed by atoms with Gasteiger partial charge in [0.1, 0.15) is 0 Å². The van der Waals surface area contributed by atoms with E-state index in [-0.39, 0.29) is 0 Å². The Morgan fingerprint density at radius 2 is 0.286 bits per heavy atom. The summed E-state index contributed by atoms with van der Waals surface area (Å²) in [6.45, 7) is 6.96. The van der Waals surface area contributed by atoms with Gasteiger partial charge >= 0.3 is 0 Å². The second kappa shape index (κ2) is 49.8. The molecule has 56 heavy (non-hydrogen) atoms. The van der Waals surface area contributed by atoms with Crippen molar-refractivity contribution in [1.29, 1.82) is 0 Å². The summed E-state index contributed by atoms with van der Waals surface area (Å²) >= 11 is 4.42. The molecule has 0 radical (unpaired) electrons. The molecule has 0 nitrogen and oxygen atoms in total. The van der Waals surface area contributed by atoms with Crippen LogP contribution in [0.2, 0.25) is 0 Å². The van der Waals surface area contributed by atoms with Gasteiger partial charge in [0.05, 0.1) is 0 Å². The van der Waals surface area contributed by atoms with Gasteiger partial charge in [0.2, 0.25) is 0 Å². The molecule has 0 fully saturated rings. The standard InChI is InChI=1S/C55H111Br/c1-4-7-10-13-16-19-22-25-28-31-34-37-40-43-46-49-52-55(56,53-50-47-44-41-38-35-32-29-26-23-20-17-14-11-8-5-2)54-51-48-45-42-39-36-33-30-27-24-21-18-15-12-9-6-3/h4-54H2,1-3H3. The molecule has 338 valence electrons. The van der Waals surface area contributed by atoms with E-state index in [1.165, 1.54) is 327 Å². The van der Waals surface area contributed by atoms with Crippen LogP contribution >= 0.6 is 15.9 Å². The Balaban J connectivity index is 4.08. The lowest BCUT2D eigenvalue weighted by Crippen LogP contribution is -2.21. The van der Waals surface area contributed by atoms with E-state index in [1.807, 2.05) is 0 Å². The Kier molecular flexibility index (Phi) is 50.3. The molecule has 0 N–H and O–H groups in total. The van der Waals surface area contributed by atoms with Gasteiger partial charge in [-0.2, -0.15) is 0 Å². The van der Waals surface area contributed by atoms with Gasteiger partial charge in [0.25, 0.3) is 0 Å². The monoisotopic (exact) mass is 851 g/mol. The minimum Gasteiger partial charge on any atom is -0.0853 e. The van der Waals surface area contributed by atoms with Crippen LogP contribution in [0.1, 0.15) is 348 Å². The molecule has 0 aromatic rings. The number of hydrogen-bond acceptors (Lipinski definition) is 0. The summed E-state index contributed by atoms with van der Waals surface area (Å²) in [7, 11) is 0. The Hall–Kier alpha value is 0.480. The average Bonchev–Trinajstić information content (AvgIpc) is 3.20. The molecule has 0 aromatic carbocycles. The summed E-state index contributed by atoms with van der Waals surface area (Å²) in [5, 5.41) is 0.